The van der Waals surface area contributed by atoms with E-state index in [1.165, 1.54) is 41.3 Å². The zero-order valence-electron chi connectivity index (χ0n) is 11.2. The van der Waals surface area contributed by atoms with Crippen molar-refractivity contribution in [3.63, 3.8) is 0 Å². The van der Waals surface area contributed by atoms with Gasteiger partial charge in [0.2, 0.25) is 0 Å². The van der Waals surface area contributed by atoms with E-state index in [2.05, 4.69) is 52.6 Å². The Labute approximate surface area is 123 Å². The third kappa shape index (κ3) is 4.01. The summed E-state index contributed by atoms with van der Waals surface area (Å²) in [6.45, 7) is 3.11. The summed E-state index contributed by atoms with van der Waals surface area (Å²) in [6, 6.07) is 7.31. The summed E-state index contributed by atoms with van der Waals surface area (Å²) in [5.41, 5.74) is 2.68. The van der Waals surface area contributed by atoms with E-state index in [0.29, 0.717) is 6.04 Å². The van der Waals surface area contributed by atoms with Gasteiger partial charge in [-0.15, -0.1) is 0 Å². The van der Waals surface area contributed by atoms with Gasteiger partial charge in [0.05, 0.1) is 0 Å². The van der Waals surface area contributed by atoms with Gasteiger partial charge in [0.25, 0.3) is 0 Å². The second-order valence-corrected chi connectivity index (χ2v) is 7.18. The number of hydrogen-bond donors (Lipinski definition) is 1. The van der Waals surface area contributed by atoms with Crippen molar-refractivity contribution in [2.24, 2.45) is 0 Å². The van der Waals surface area contributed by atoms with E-state index in [1.807, 2.05) is 11.8 Å². The number of rotatable bonds is 4. The minimum Gasteiger partial charge on any atom is -0.310 e. The molecule has 0 radical (unpaired) electrons. The molecule has 0 heterocycles. The maximum absolute atomic E-state index is 3.70. The predicted octanol–water partition coefficient (Wildman–Crippen LogP) is 4.52. The number of nitrogens with one attached hydrogen (secondary N) is 1. The minimum atomic E-state index is 0.710. The maximum atomic E-state index is 3.70. The van der Waals surface area contributed by atoms with Gasteiger partial charge < -0.3 is 5.32 Å². The highest BCUT2D eigenvalue weighted by Gasteiger charge is 2.19. The first-order valence-corrected chi connectivity index (χ1v) is 8.78. The van der Waals surface area contributed by atoms with Crippen molar-refractivity contribution >= 4 is 27.7 Å². The van der Waals surface area contributed by atoms with Crippen LogP contribution in [0.5, 0.6) is 0 Å². The monoisotopic (exact) mass is 327 g/mol. The molecule has 18 heavy (non-hydrogen) atoms. The third-order valence-electron chi connectivity index (χ3n) is 3.80. The van der Waals surface area contributed by atoms with Crippen molar-refractivity contribution in [3.8, 4) is 0 Å². The van der Waals surface area contributed by atoms with Gasteiger partial charge in [0, 0.05) is 22.3 Å². The zero-order chi connectivity index (χ0) is 13.0. The van der Waals surface area contributed by atoms with Gasteiger partial charge in [-0.1, -0.05) is 28.1 Å². The molecule has 1 saturated carbocycles. The van der Waals surface area contributed by atoms with Crippen LogP contribution in [0.2, 0.25) is 0 Å². The molecule has 0 saturated heterocycles. The predicted molar refractivity (Wildman–Crippen MR) is 85.3 cm³/mol. The Morgan fingerprint density at radius 3 is 2.61 bits per heavy atom. The van der Waals surface area contributed by atoms with Gasteiger partial charge >= 0.3 is 0 Å². The molecule has 1 fully saturated rings. The number of hydrogen-bond acceptors (Lipinski definition) is 2. The van der Waals surface area contributed by atoms with Crippen LogP contribution >= 0.6 is 27.7 Å². The molecule has 0 atom stereocenters. The fraction of sp³-hybridized carbons (Fsp3) is 0.600. The van der Waals surface area contributed by atoms with Gasteiger partial charge in [-0.2, -0.15) is 11.8 Å². The molecule has 1 nitrogen and oxygen atoms in total. The van der Waals surface area contributed by atoms with E-state index in [1.54, 1.807) is 0 Å². The molecule has 1 aliphatic carbocycles. The molecule has 0 unspecified atom stereocenters. The van der Waals surface area contributed by atoms with Crippen molar-refractivity contribution in [2.45, 2.75) is 50.4 Å². The summed E-state index contributed by atoms with van der Waals surface area (Å²) >= 11 is 5.68. The van der Waals surface area contributed by atoms with Gasteiger partial charge in [-0.25, -0.2) is 0 Å². The van der Waals surface area contributed by atoms with Gasteiger partial charge in [-0.3, -0.25) is 0 Å². The van der Waals surface area contributed by atoms with Crippen molar-refractivity contribution in [2.75, 3.05) is 6.26 Å². The molecule has 100 valence electrons. The Kier molecular flexibility index (Phi) is 5.58. The second-order valence-electron chi connectivity index (χ2n) is 5.19. The first-order chi connectivity index (χ1) is 8.69. The highest BCUT2D eigenvalue weighted by Crippen LogP contribution is 2.27. The fourth-order valence-corrected chi connectivity index (χ4v) is 3.93. The van der Waals surface area contributed by atoms with E-state index < -0.39 is 0 Å². The quantitative estimate of drug-likeness (QED) is 0.872. The lowest BCUT2D eigenvalue weighted by Crippen LogP contribution is -2.33. The Balaban J connectivity index is 1.81. The van der Waals surface area contributed by atoms with Crippen LogP contribution in [0.15, 0.2) is 22.7 Å². The van der Waals surface area contributed by atoms with Crippen LogP contribution in [0.25, 0.3) is 0 Å². The summed E-state index contributed by atoms with van der Waals surface area (Å²) in [5.74, 6) is 0. The van der Waals surface area contributed by atoms with Crippen molar-refractivity contribution in [3.05, 3.63) is 33.8 Å². The van der Waals surface area contributed by atoms with Gasteiger partial charge in [0.1, 0.15) is 0 Å². The van der Waals surface area contributed by atoms with E-state index in [9.17, 15) is 0 Å². The van der Waals surface area contributed by atoms with Gasteiger partial charge in [0.15, 0.2) is 0 Å². The average molecular weight is 328 g/mol. The summed E-state index contributed by atoms with van der Waals surface area (Å²) in [4.78, 5) is 0. The van der Waals surface area contributed by atoms with Crippen LogP contribution < -0.4 is 5.32 Å². The number of benzene rings is 1. The van der Waals surface area contributed by atoms with Crippen molar-refractivity contribution in [1.29, 1.82) is 0 Å². The number of halogens is 1. The first kappa shape index (κ1) is 14.4. The first-order valence-electron chi connectivity index (χ1n) is 6.70. The fourth-order valence-electron chi connectivity index (χ4n) is 2.55. The van der Waals surface area contributed by atoms with Crippen LogP contribution in [0.4, 0.5) is 0 Å². The summed E-state index contributed by atoms with van der Waals surface area (Å²) in [6.07, 6.45) is 7.63. The number of aryl methyl sites for hydroxylation is 1. The third-order valence-corrected chi connectivity index (χ3v) is 5.67. The van der Waals surface area contributed by atoms with Crippen LogP contribution in [-0.2, 0) is 6.54 Å². The molecule has 1 aromatic carbocycles. The highest BCUT2D eigenvalue weighted by molar-refractivity contribution is 9.10. The summed E-state index contributed by atoms with van der Waals surface area (Å²) < 4.78 is 1.23. The SMILES string of the molecule is CSC1CCC(NCc2ccc(C)cc2Br)CC1. The number of thioether (sulfide) groups is 1. The van der Waals surface area contributed by atoms with Crippen LogP contribution in [-0.4, -0.2) is 17.5 Å². The molecule has 0 bridgehead atoms. The Morgan fingerprint density at radius 1 is 1.28 bits per heavy atom. The van der Waals surface area contributed by atoms with Crippen LogP contribution in [0, 0.1) is 6.92 Å². The molecule has 1 N–H and O–H groups in total. The Bertz CT molecular complexity index is 386. The van der Waals surface area contributed by atoms with Crippen LogP contribution in [0.1, 0.15) is 36.8 Å². The van der Waals surface area contributed by atoms with E-state index >= 15 is 0 Å². The topological polar surface area (TPSA) is 12.0 Å². The molecule has 3 heteroatoms. The molecule has 0 aliphatic heterocycles. The maximum Gasteiger partial charge on any atom is 0.0222 e. The van der Waals surface area contributed by atoms with Crippen molar-refractivity contribution in [1.82, 2.24) is 5.32 Å². The van der Waals surface area contributed by atoms with E-state index in [-0.39, 0.29) is 0 Å². The van der Waals surface area contributed by atoms with Gasteiger partial charge in [-0.05, 0) is 56.1 Å². The molecular formula is C15H22BrNS. The summed E-state index contributed by atoms with van der Waals surface area (Å²) in [5, 5.41) is 4.60. The van der Waals surface area contributed by atoms with Crippen LogP contribution in [0.3, 0.4) is 0 Å². The molecule has 2 rings (SSSR count). The lowest BCUT2D eigenvalue weighted by Gasteiger charge is -2.28. The lowest BCUT2D eigenvalue weighted by molar-refractivity contribution is 0.378. The Hall–Kier alpha value is 0.01000. The van der Waals surface area contributed by atoms with E-state index in [4.69, 9.17) is 0 Å². The molecule has 0 aromatic heterocycles. The molecule has 1 aliphatic rings. The Morgan fingerprint density at radius 2 is 2.00 bits per heavy atom. The standard InChI is InChI=1S/C15H22BrNS/c1-11-3-4-12(15(16)9-11)10-17-13-5-7-14(18-2)8-6-13/h3-4,9,13-14,17H,5-8,10H2,1-2H3. The highest BCUT2D eigenvalue weighted by atomic mass is 79.9. The van der Waals surface area contributed by atoms with E-state index in [0.717, 1.165) is 11.8 Å². The largest absolute Gasteiger partial charge is 0.310 e. The summed E-state index contributed by atoms with van der Waals surface area (Å²) in [7, 11) is 0. The normalized spacial score (nSPS) is 24.2. The smallest absolute Gasteiger partial charge is 0.0222 e. The lowest BCUT2D eigenvalue weighted by atomic mass is 9.95. The zero-order valence-corrected chi connectivity index (χ0v) is 13.6. The molecular weight excluding hydrogens is 306 g/mol. The van der Waals surface area contributed by atoms with Crippen molar-refractivity contribution < 1.29 is 0 Å². The second kappa shape index (κ2) is 6.97. The molecule has 0 spiro atoms. The minimum absolute atomic E-state index is 0.710. The molecule has 0 amide bonds. The average Bonchev–Trinajstić information content (AvgIpc) is 2.38. The molecule has 1 aromatic rings.